The normalized spacial score (nSPS) is 11.0. The van der Waals surface area contributed by atoms with Crippen LogP contribution in [0, 0.1) is 0 Å². The van der Waals surface area contributed by atoms with Gasteiger partial charge in [-0.15, -0.1) is 0 Å². The molecule has 0 aromatic heterocycles. The van der Waals surface area contributed by atoms with Gasteiger partial charge >= 0.3 is 11.9 Å². The fourth-order valence-electron chi connectivity index (χ4n) is 3.63. The molecule has 0 atom stereocenters. The van der Waals surface area contributed by atoms with E-state index in [1.165, 1.54) is 52.9 Å². The van der Waals surface area contributed by atoms with Crippen molar-refractivity contribution < 1.29 is 28.6 Å². The molecule has 1 rings (SSSR count). The third-order valence-electron chi connectivity index (χ3n) is 5.36. The second-order valence-corrected chi connectivity index (χ2v) is 8.64. The Hall–Kier alpha value is -2.57. The zero-order valence-corrected chi connectivity index (χ0v) is 20.7. The van der Waals surface area contributed by atoms with Gasteiger partial charge in [0.25, 0.3) is 0 Å². The maximum absolute atomic E-state index is 11.8. The van der Waals surface area contributed by atoms with Crippen LogP contribution in [0.2, 0.25) is 0 Å². The van der Waals surface area contributed by atoms with Gasteiger partial charge < -0.3 is 19.5 Å². The van der Waals surface area contributed by atoms with E-state index in [0.29, 0.717) is 12.8 Å². The largest absolute Gasteiger partial charge is 0.494 e. The average molecular weight is 464 g/mol. The number of ether oxygens (including phenoxy) is 3. The summed E-state index contributed by atoms with van der Waals surface area (Å²) in [5.41, 5.74) is 0.183. The van der Waals surface area contributed by atoms with Gasteiger partial charge in [-0.05, 0) is 43.4 Å². The van der Waals surface area contributed by atoms with Crippen molar-refractivity contribution >= 4 is 17.8 Å². The zero-order chi connectivity index (χ0) is 24.5. The lowest BCUT2D eigenvalue weighted by molar-refractivity contribution is -0.150. The van der Waals surface area contributed by atoms with Crippen molar-refractivity contribution in [1.29, 1.82) is 0 Å². The van der Waals surface area contributed by atoms with E-state index in [4.69, 9.17) is 14.2 Å². The highest BCUT2D eigenvalue weighted by atomic mass is 16.5. The second kappa shape index (κ2) is 16.1. The van der Waals surface area contributed by atoms with E-state index in [9.17, 15) is 14.4 Å². The van der Waals surface area contributed by atoms with E-state index < -0.39 is 17.5 Å². The van der Waals surface area contributed by atoms with Gasteiger partial charge in [0, 0.05) is 20.8 Å². The molecule has 0 saturated carbocycles. The average Bonchev–Trinajstić information content (AvgIpc) is 2.76. The number of hydrogen-bond acceptors (Lipinski definition) is 6. The molecule has 1 amide bonds. The second-order valence-electron chi connectivity index (χ2n) is 8.64. The Bertz CT molecular complexity index is 698. The first-order chi connectivity index (χ1) is 15.8. The number of carbonyl (C=O) groups excluding carboxylic acids is 3. The van der Waals surface area contributed by atoms with E-state index in [2.05, 4.69) is 12.2 Å². The lowest BCUT2D eigenvalue weighted by atomic mass is 9.92. The molecule has 0 fully saturated rings. The Balaban J connectivity index is 2.56. The number of nitrogens with one attached hydrogen (secondary N) is 1. The molecule has 0 unspecified atom stereocenters. The SMILES string of the molecule is CCCCCCCCOc1ccc(CCCC(COC(C)=O)(COC(C)=O)NC(C)=O)cc1. The Kier molecular flexibility index (Phi) is 13.9. The van der Waals surface area contributed by atoms with Crippen molar-refractivity contribution in [2.75, 3.05) is 19.8 Å². The van der Waals surface area contributed by atoms with Crippen LogP contribution in [0.5, 0.6) is 5.75 Å². The Morgan fingerprint density at radius 1 is 0.818 bits per heavy atom. The number of unbranched alkanes of at least 4 members (excludes halogenated alkanes) is 5. The summed E-state index contributed by atoms with van der Waals surface area (Å²) in [6, 6.07) is 8.03. The van der Waals surface area contributed by atoms with Gasteiger partial charge in [0.2, 0.25) is 5.91 Å². The van der Waals surface area contributed by atoms with Crippen LogP contribution in [0.25, 0.3) is 0 Å². The molecule has 0 bridgehead atoms. The minimum absolute atomic E-state index is 0.0551. The first-order valence-electron chi connectivity index (χ1n) is 12.0. The quantitative estimate of drug-likeness (QED) is 0.265. The number of rotatable bonds is 17. The molecule has 0 spiro atoms. The highest BCUT2D eigenvalue weighted by Gasteiger charge is 2.33. The molecule has 1 aromatic carbocycles. The van der Waals surface area contributed by atoms with Crippen molar-refractivity contribution in [3.05, 3.63) is 29.8 Å². The fraction of sp³-hybridized carbons (Fsp3) is 0.654. The molecule has 33 heavy (non-hydrogen) atoms. The van der Waals surface area contributed by atoms with Gasteiger partial charge in [0.15, 0.2) is 0 Å². The van der Waals surface area contributed by atoms with Crippen LogP contribution in [-0.2, 0) is 30.3 Å². The molecular weight excluding hydrogens is 422 g/mol. The van der Waals surface area contributed by atoms with E-state index in [-0.39, 0.29) is 19.1 Å². The summed E-state index contributed by atoms with van der Waals surface area (Å²) in [5.74, 6) is -0.320. The molecule has 7 heteroatoms. The van der Waals surface area contributed by atoms with Crippen molar-refractivity contribution in [3.63, 3.8) is 0 Å². The van der Waals surface area contributed by atoms with Crippen LogP contribution in [0.3, 0.4) is 0 Å². The zero-order valence-electron chi connectivity index (χ0n) is 20.7. The number of hydrogen-bond donors (Lipinski definition) is 1. The van der Waals surface area contributed by atoms with Gasteiger partial charge in [0.1, 0.15) is 24.5 Å². The van der Waals surface area contributed by atoms with Crippen LogP contribution in [0.4, 0.5) is 0 Å². The summed E-state index contributed by atoms with van der Waals surface area (Å²) in [5, 5.41) is 2.83. The van der Waals surface area contributed by atoms with E-state index in [1.54, 1.807) is 0 Å². The topological polar surface area (TPSA) is 90.9 Å². The summed E-state index contributed by atoms with van der Waals surface area (Å²) in [6.45, 7) is 6.84. The highest BCUT2D eigenvalue weighted by molar-refractivity contribution is 5.74. The number of benzene rings is 1. The molecule has 0 aliphatic rings. The predicted molar refractivity (Wildman–Crippen MR) is 128 cm³/mol. The van der Waals surface area contributed by atoms with Gasteiger partial charge in [-0.25, -0.2) is 0 Å². The summed E-state index contributed by atoms with van der Waals surface area (Å²) in [7, 11) is 0. The standard InChI is InChI=1S/C26H41NO6/c1-5-6-7-8-9-10-18-31-25-15-13-24(14-16-25)12-11-17-26(27-21(2)28,19-32-22(3)29)20-33-23(4)30/h13-16H,5-12,17-20H2,1-4H3,(H,27,28). The van der Waals surface area contributed by atoms with Gasteiger partial charge in [-0.3, -0.25) is 14.4 Å². The molecule has 1 N–H and O–H groups in total. The third kappa shape index (κ3) is 13.5. The summed E-state index contributed by atoms with van der Waals surface area (Å²) in [6.07, 6.45) is 9.37. The van der Waals surface area contributed by atoms with Crippen molar-refractivity contribution in [3.8, 4) is 5.75 Å². The molecule has 186 valence electrons. The monoisotopic (exact) mass is 463 g/mol. The van der Waals surface area contributed by atoms with Crippen molar-refractivity contribution in [2.45, 2.75) is 91.0 Å². The van der Waals surface area contributed by atoms with Gasteiger partial charge in [-0.1, -0.05) is 51.2 Å². The van der Waals surface area contributed by atoms with Crippen LogP contribution < -0.4 is 10.1 Å². The van der Waals surface area contributed by atoms with Crippen molar-refractivity contribution in [2.24, 2.45) is 0 Å². The molecule has 7 nitrogen and oxygen atoms in total. The number of carbonyl (C=O) groups is 3. The lowest BCUT2D eigenvalue weighted by Crippen LogP contribution is -2.55. The smallest absolute Gasteiger partial charge is 0.302 e. The van der Waals surface area contributed by atoms with E-state index in [1.807, 2.05) is 24.3 Å². The third-order valence-corrected chi connectivity index (χ3v) is 5.36. The minimum atomic E-state index is -0.955. The van der Waals surface area contributed by atoms with Crippen LogP contribution in [0.15, 0.2) is 24.3 Å². The predicted octanol–water partition coefficient (Wildman–Crippen LogP) is 4.75. The van der Waals surface area contributed by atoms with Gasteiger partial charge in [-0.2, -0.15) is 0 Å². The van der Waals surface area contributed by atoms with Crippen molar-refractivity contribution in [1.82, 2.24) is 5.32 Å². The van der Waals surface area contributed by atoms with Crippen LogP contribution in [-0.4, -0.2) is 43.2 Å². The Labute approximate surface area is 198 Å². The van der Waals surface area contributed by atoms with E-state index >= 15 is 0 Å². The first-order valence-corrected chi connectivity index (χ1v) is 12.0. The maximum atomic E-state index is 11.8. The van der Waals surface area contributed by atoms with Crippen LogP contribution >= 0.6 is 0 Å². The molecule has 0 heterocycles. The number of esters is 2. The summed E-state index contributed by atoms with van der Waals surface area (Å²) in [4.78, 5) is 34.5. The summed E-state index contributed by atoms with van der Waals surface area (Å²) >= 11 is 0. The number of aryl methyl sites for hydroxylation is 1. The molecule has 0 radical (unpaired) electrons. The first kappa shape index (κ1) is 28.5. The minimum Gasteiger partial charge on any atom is -0.494 e. The molecule has 1 aromatic rings. The Morgan fingerprint density at radius 2 is 1.39 bits per heavy atom. The molecular formula is C26H41NO6. The Morgan fingerprint density at radius 3 is 1.94 bits per heavy atom. The van der Waals surface area contributed by atoms with Gasteiger partial charge in [0.05, 0.1) is 6.61 Å². The van der Waals surface area contributed by atoms with E-state index in [0.717, 1.165) is 30.8 Å². The summed E-state index contributed by atoms with van der Waals surface area (Å²) < 4.78 is 16.2. The highest BCUT2D eigenvalue weighted by Crippen LogP contribution is 2.20. The maximum Gasteiger partial charge on any atom is 0.302 e. The number of amides is 1. The lowest BCUT2D eigenvalue weighted by Gasteiger charge is -2.33. The molecule has 0 aliphatic carbocycles. The molecule has 0 aliphatic heterocycles. The fourth-order valence-corrected chi connectivity index (χ4v) is 3.63. The molecule has 0 saturated heterocycles. The van der Waals surface area contributed by atoms with Crippen LogP contribution in [0.1, 0.15) is 84.6 Å².